The number of hydrogen-bond donors (Lipinski definition) is 3. The van der Waals surface area contributed by atoms with E-state index in [4.69, 9.17) is 9.15 Å². The van der Waals surface area contributed by atoms with Crippen LogP contribution in [0.3, 0.4) is 0 Å². The quantitative estimate of drug-likeness (QED) is 0.218. The van der Waals surface area contributed by atoms with E-state index in [1.165, 1.54) is 0 Å². The zero-order valence-electron chi connectivity index (χ0n) is 18.1. The number of rotatable bonds is 12. The molecule has 1 heterocycles. The Morgan fingerprint density at radius 3 is 2.54 bits per heavy atom. The lowest BCUT2D eigenvalue weighted by Crippen LogP contribution is -2.39. The molecule has 1 aromatic rings. The van der Waals surface area contributed by atoms with Crippen molar-refractivity contribution in [3.8, 4) is 0 Å². The fourth-order valence-corrected chi connectivity index (χ4v) is 3.01. The van der Waals surface area contributed by atoms with Crippen molar-refractivity contribution in [3.63, 3.8) is 0 Å². The predicted octanol–water partition coefficient (Wildman–Crippen LogP) is 3.17. The Labute approximate surface area is 168 Å². The lowest BCUT2D eigenvalue weighted by atomic mass is 9.96. The molecule has 0 aromatic carbocycles. The number of hydrogen-bond acceptors (Lipinski definition) is 5. The molecule has 160 valence electrons. The largest absolute Gasteiger partial charge is 0.466 e. The van der Waals surface area contributed by atoms with Crippen LogP contribution >= 0.6 is 0 Å². The molecule has 0 aliphatic carbocycles. The van der Waals surface area contributed by atoms with Gasteiger partial charge in [-0.25, -0.2) is 4.99 Å². The van der Waals surface area contributed by atoms with Crippen LogP contribution in [0.4, 0.5) is 0 Å². The van der Waals surface area contributed by atoms with Gasteiger partial charge in [-0.3, -0.25) is 4.79 Å². The maximum Gasteiger partial charge on any atom is 0.305 e. The van der Waals surface area contributed by atoms with E-state index >= 15 is 0 Å². The van der Waals surface area contributed by atoms with Gasteiger partial charge in [0, 0.05) is 25.1 Å². The number of aliphatic imine (C=N–C) groups is 1. The van der Waals surface area contributed by atoms with Gasteiger partial charge in [-0.1, -0.05) is 12.8 Å². The van der Waals surface area contributed by atoms with E-state index in [-0.39, 0.29) is 12.5 Å². The molecular formula is C21H37N3O4. The van der Waals surface area contributed by atoms with Crippen LogP contribution in [-0.4, -0.2) is 43.3 Å². The van der Waals surface area contributed by atoms with E-state index in [1.807, 2.05) is 33.8 Å². The molecule has 1 unspecified atom stereocenters. The predicted molar refractivity (Wildman–Crippen MR) is 111 cm³/mol. The van der Waals surface area contributed by atoms with Gasteiger partial charge in [-0.2, -0.15) is 0 Å². The van der Waals surface area contributed by atoms with Crippen LogP contribution in [-0.2, 0) is 15.1 Å². The summed E-state index contributed by atoms with van der Waals surface area (Å²) >= 11 is 0. The summed E-state index contributed by atoms with van der Waals surface area (Å²) in [6.07, 6.45) is 4.38. The molecule has 7 nitrogen and oxygen atoms in total. The summed E-state index contributed by atoms with van der Waals surface area (Å²) in [7, 11) is 0. The molecule has 3 N–H and O–H groups in total. The number of carbonyl (C=O) groups is 1. The molecule has 0 radical (unpaired) electrons. The highest BCUT2D eigenvalue weighted by molar-refractivity contribution is 5.79. The molecule has 0 spiro atoms. The molecule has 0 fully saturated rings. The fraction of sp³-hybridized carbons (Fsp3) is 0.714. The number of aliphatic hydroxyl groups is 1. The SMILES string of the molecule is CCNC(=NCC(C)(O)c1cc(C)oc1C)NCCCCCCC(=O)OCC. The number of aryl methyl sites for hydroxylation is 2. The average molecular weight is 396 g/mol. The molecule has 0 amide bonds. The van der Waals surface area contributed by atoms with Crippen molar-refractivity contribution >= 4 is 11.9 Å². The van der Waals surface area contributed by atoms with E-state index in [9.17, 15) is 9.90 Å². The second kappa shape index (κ2) is 12.4. The lowest BCUT2D eigenvalue weighted by Gasteiger charge is -2.21. The van der Waals surface area contributed by atoms with Crippen molar-refractivity contribution in [2.24, 2.45) is 4.99 Å². The maximum absolute atomic E-state index is 11.3. The summed E-state index contributed by atoms with van der Waals surface area (Å²) in [5.41, 5.74) is -0.316. The molecule has 0 saturated heterocycles. The Morgan fingerprint density at radius 1 is 1.21 bits per heavy atom. The van der Waals surface area contributed by atoms with Crippen molar-refractivity contribution < 1.29 is 19.1 Å². The van der Waals surface area contributed by atoms with Crippen molar-refractivity contribution in [3.05, 3.63) is 23.2 Å². The molecule has 1 aromatic heterocycles. The monoisotopic (exact) mass is 395 g/mol. The number of carbonyl (C=O) groups excluding carboxylic acids is 1. The highest BCUT2D eigenvalue weighted by Crippen LogP contribution is 2.27. The van der Waals surface area contributed by atoms with Gasteiger partial charge >= 0.3 is 5.97 Å². The molecule has 0 saturated carbocycles. The number of nitrogens with zero attached hydrogens (tertiary/aromatic N) is 1. The third-order valence-electron chi connectivity index (χ3n) is 4.42. The molecule has 7 heteroatoms. The Hall–Kier alpha value is -2.02. The third kappa shape index (κ3) is 8.78. The first-order chi connectivity index (χ1) is 13.3. The number of esters is 1. The minimum absolute atomic E-state index is 0.114. The first-order valence-electron chi connectivity index (χ1n) is 10.3. The van der Waals surface area contributed by atoms with Crippen LogP contribution in [0.2, 0.25) is 0 Å². The van der Waals surface area contributed by atoms with Crippen molar-refractivity contribution in [2.45, 2.75) is 72.3 Å². The summed E-state index contributed by atoms with van der Waals surface area (Å²) in [5, 5.41) is 17.3. The molecule has 1 rings (SSSR count). The van der Waals surface area contributed by atoms with Crippen LogP contribution in [0.25, 0.3) is 0 Å². The first kappa shape index (κ1) is 24.0. The standard InChI is InChI=1S/C21H37N3O4/c1-6-22-20(23-13-11-9-8-10-12-19(25)27-7-2)24-15-21(5,26)18-14-16(3)28-17(18)4/h14,26H,6-13,15H2,1-5H3,(H2,22,23,24). The van der Waals surface area contributed by atoms with Gasteiger partial charge in [0.15, 0.2) is 5.96 Å². The third-order valence-corrected chi connectivity index (χ3v) is 4.42. The van der Waals surface area contributed by atoms with Crippen LogP contribution in [0.5, 0.6) is 0 Å². The number of furan rings is 1. The fourth-order valence-electron chi connectivity index (χ4n) is 3.01. The Kier molecular flexibility index (Phi) is 10.7. The molecule has 28 heavy (non-hydrogen) atoms. The molecule has 0 aliphatic heterocycles. The molecular weight excluding hydrogens is 358 g/mol. The summed E-state index contributed by atoms with van der Waals surface area (Å²) in [6.45, 7) is 11.5. The Bertz CT molecular complexity index is 623. The lowest BCUT2D eigenvalue weighted by molar-refractivity contribution is -0.143. The van der Waals surface area contributed by atoms with Gasteiger partial charge in [-0.15, -0.1) is 0 Å². The summed E-state index contributed by atoms with van der Waals surface area (Å²) in [5.74, 6) is 2.08. The smallest absolute Gasteiger partial charge is 0.305 e. The zero-order valence-corrected chi connectivity index (χ0v) is 18.1. The van der Waals surface area contributed by atoms with E-state index < -0.39 is 5.60 Å². The highest BCUT2D eigenvalue weighted by atomic mass is 16.5. The van der Waals surface area contributed by atoms with Gasteiger partial charge in [0.05, 0.1) is 13.2 Å². The minimum atomic E-state index is -1.09. The van der Waals surface area contributed by atoms with E-state index in [1.54, 1.807) is 6.92 Å². The van der Waals surface area contributed by atoms with E-state index in [0.29, 0.717) is 19.0 Å². The number of ether oxygens (including phenoxy) is 1. The van der Waals surface area contributed by atoms with Gasteiger partial charge in [0.1, 0.15) is 17.1 Å². The molecule has 0 aliphatic rings. The summed E-state index contributed by atoms with van der Waals surface area (Å²) in [4.78, 5) is 15.8. The number of guanidine groups is 1. The summed E-state index contributed by atoms with van der Waals surface area (Å²) < 4.78 is 10.4. The zero-order chi connectivity index (χ0) is 21.0. The Balaban J connectivity index is 2.39. The highest BCUT2D eigenvalue weighted by Gasteiger charge is 2.27. The van der Waals surface area contributed by atoms with E-state index in [0.717, 1.165) is 55.9 Å². The normalized spacial score (nSPS) is 13.9. The van der Waals surface area contributed by atoms with Crippen LogP contribution < -0.4 is 10.6 Å². The van der Waals surface area contributed by atoms with Crippen molar-refractivity contribution in [2.75, 3.05) is 26.2 Å². The molecule has 0 bridgehead atoms. The van der Waals surface area contributed by atoms with Gasteiger partial charge < -0.3 is 24.9 Å². The second-order valence-corrected chi connectivity index (χ2v) is 7.19. The average Bonchev–Trinajstić information content (AvgIpc) is 2.98. The van der Waals surface area contributed by atoms with Crippen LogP contribution in [0.1, 0.15) is 70.0 Å². The number of unbranched alkanes of at least 4 members (excludes halogenated alkanes) is 3. The van der Waals surface area contributed by atoms with Gasteiger partial charge in [0.2, 0.25) is 0 Å². The second-order valence-electron chi connectivity index (χ2n) is 7.19. The van der Waals surface area contributed by atoms with Gasteiger partial charge in [-0.05, 0) is 53.5 Å². The first-order valence-corrected chi connectivity index (χ1v) is 10.3. The maximum atomic E-state index is 11.3. The van der Waals surface area contributed by atoms with Crippen LogP contribution in [0, 0.1) is 13.8 Å². The van der Waals surface area contributed by atoms with Crippen molar-refractivity contribution in [1.82, 2.24) is 10.6 Å². The topological polar surface area (TPSA) is 96.1 Å². The summed E-state index contributed by atoms with van der Waals surface area (Å²) in [6, 6.07) is 1.86. The van der Waals surface area contributed by atoms with Gasteiger partial charge in [0.25, 0.3) is 0 Å². The van der Waals surface area contributed by atoms with Crippen molar-refractivity contribution in [1.29, 1.82) is 0 Å². The number of nitrogens with one attached hydrogen (secondary N) is 2. The Morgan fingerprint density at radius 2 is 1.93 bits per heavy atom. The minimum Gasteiger partial charge on any atom is -0.466 e. The van der Waals surface area contributed by atoms with E-state index in [2.05, 4.69) is 15.6 Å². The van der Waals surface area contributed by atoms with Crippen LogP contribution in [0.15, 0.2) is 15.5 Å². The molecule has 1 atom stereocenters.